The van der Waals surface area contributed by atoms with E-state index < -0.39 is 0 Å². The number of hydrogen-bond donors (Lipinski definition) is 1. The van der Waals surface area contributed by atoms with Crippen LogP contribution in [-0.2, 0) is 13.1 Å². The van der Waals surface area contributed by atoms with Crippen LogP contribution in [0.1, 0.15) is 29.9 Å². The Morgan fingerprint density at radius 1 is 1.44 bits per heavy atom. The maximum absolute atomic E-state index is 4.65. The summed E-state index contributed by atoms with van der Waals surface area (Å²) in [4.78, 5) is 0. The van der Waals surface area contributed by atoms with Gasteiger partial charge in [-0.2, -0.15) is 0 Å². The van der Waals surface area contributed by atoms with Crippen molar-refractivity contribution in [3.63, 3.8) is 0 Å². The van der Waals surface area contributed by atoms with Gasteiger partial charge in [-0.1, -0.05) is 15.5 Å². The summed E-state index contributed by atoms with van der Waals surface area (Å²) in [5.41, 5.74) is 2.53. The molecule has 0 radical (unpaired) electrons. The van der Waals surface area contributed by atoms with Gasteiger partial charge < -0.3 is 5.32 Å². The monoisotopic (exact) mass is 248 g/mol. The molecule has 0 spiro atoms. The Morgan fingerprint density at radius 3 is 3.06 bits per heavy atom. The van der Waals surface area contributed by atoms with Crippen LogP contribution in [0.25, 0.3) is 0 Å². The number of nitrogens with one attached hydrogen (secondary N) is 1. The van der Waals surface area contributed by atoms with Gasteiger partial charge in [-0.25, -0.2) is 9.31 Å². The molecule has 0 saturated heterocycles. The van der Waals surface area contributed by atoms with Crippen LogP contribution in [0.15, 0.2) is 10.8 Å². The van der Waals surface area contributed by atoms with Crippen molar-refractivity contribution in [1.29, 1.82) is 0 Å². The number of aromatic nitrogens is 5. The Hall–Kier alpha value is -1.76. The van der Waals surface area contributed by atoms with Gasteiger partial charge in [-0.15, -0.1) is 5.10 Å². The molecule has 1 aliphatic rings. The third-order valence-corrected chi connectivity index (χ3v) is 3.08. The van der Waals surface area contributed by atoms with E-state index in [0.29, 0.717) is 6.54 Å². The van der Waals surface area contributed by atoms with Crippen LogP contribution in [0.3, 0.4) is 0 Å². The van der Waals surface area contributed by atoms with Gasteiger partial charge in [0, 0.05) is 6.54 Å². The number of hydrogen-bond acceptors (Lipinski definition) is 6. The molecule has 2 aromatic heterocycles. The summed E-state index contributed by atoms with van der Waals surface area (Å²) in [6.45, 7) is 4.26. The molecule has 18 heavy (non-hydrogen) atoms. The largest absolute Gasteiger partial charge is 0.311 e. The summed E-state index contributed by atoms with van der Waals surface area (Å²) in [6.07, 6.45) is 4.64. The number of aryl methyl sites for hydroxylation is 1. The van der Waals surface area contributed by atoms with Crippen LogP contribution in [-0.4, -0.2) is 31.9 Å². The highest BCUT2D eigenvalue weighted by molar-refractivity contribution is 5.05. The predicted molar refractivity (Wildman–Crippen MR) is 62.6 cm³/mol. The average molecular weight is 248 g/mol. The van der Waals surface area contributed by atoms with E-state index in [1.807, 2.05) is 13.1 Å². The summed E-state index contributed by atoms with van der Waals surface area (Å²) in [5.74, 6) is 0.879. The molecule has 1 aliphatic carbocycles. The third-order valence-electron chi connectivity index (χ3n) is 3.08. The van der Waals surface area contributed by atoms with Gasteiger partial charge in [0.2, 0.25) is 0 Å². The van der Waals surface area contributed by atoms with Crippen LogP contribution in [0.5, 0.6) is 0 Å². The Bertz CT molecular complexity index is 515. The molecule has 0 bridgehead atoms. The fourth-order valence-electron chi connectivity index (χ4n) is 1.77. The SMILES string of the molecule is Cc1nonc1Cn1cc(CNCC2CC2)nn1. The highest BCUT2D eigenvalue weighted by Crippen LogP contribution is 2.27. The zero-order chi connectivity index (χ0) is 12.4. The first-order chi connectivity index (χ1) is 8.81. The molecule has 2 heterocycles. The minimum atomic E-state index is 0.547. The van der Waals surface area contributed by atoms with Crippen LogP contribution in [0.4, 0.5) is 0 Å². The summed E-state index contributed by atoms with van der Waals surface area (Å²) < 4.78 is 6.40. The fourth-order valence-corrected chi connectivity index (χ4v) is 1.77. The predicted octanol–water partition coefficient (Wildman–Crippen LogP) is 0.517. The molecule has 2 aromatic rings. The van der Waals surface area contributed by atoms with E-state index in [-0.39, 0.29) is 0 Å². The normalized spacial score (nSPS) is 15.2. The maximum Gasteiger partial charge on any atom is 0.129 e. The molecule has 1 saturated carbocycles. The fraction of sp³-hybridized carbons (Fsp3) is 0.636. The minimum Gasteiger partial charge on any atom is -0.311 e. The first-order valence-electron chi connectivity index (χ1n) is 6.19. The van der Waals surface area contributed by atoms with Crippen molar-refractivity contribution in [3.8, 4) is 0 Å². The van der Waals surface area contributed by atoms with Crippen molar-refractivity contribution in [1.82, 2.24) is 30.6 Å². The molecule has 7 heteroatoms. The summed E-state index contributed by atoms with van der Waals surface area (Å²) in [6, 6.07) is 0. The molecule has 0 amide bonds. The lowest BCUT2D eigenvalue weighted by Crippen LogP contribution is -2.16. The smallest absolute Gasteiger partial charge is 0.129 e. The maximum atomic E-state index is 4.65. The summed E-state index contributed by atoms with van der Waals surface area (Å²) in [5, 5.41) is 19.1. The van der Waals surface area contributed by atoms with E-state index in [1.165, 1.54) is 12.8 Å². The summed E-state index contributed by atoms with van der Waals surface area (Å²) in [7, 11) is 0. The molecular weight excluding hydrogens is 232 g/mol. The van der Waals surface area contributed by atoms with E-state index >= 15 is 0 Å². The molecule has 0 aliphatic heterocycles. The molecule has 0 unspecified atom stereocenters. The average Bonchev–Trinajstić information content (AvgIpc) is 2.93. The van der Waals surface area contributed by atoms with Crippen molar-refractivity contribution in [3.05, 3.63) is 23.3 Å². The van der Waals surface area contributed by atoms with E-state index in [9.17, 15) is 0 Å². The lowest BCUT2D eigenvalue weighted by atomic mass is 10.3. The number of nitrogens with zero attached hydrogens (tertiary/aromatic N) is 5. The third kappa shape index (κ3) is 2.73. The van der Waals surface area contributed by atoms with Crippen LogP contribution in [0, 0.1) is 12.8 Å². The van der Waals surface area contributed by atoms with E-state index in [4.69, 9.17) is 0 Å². The van der Waals surface area contributed by atoms with Crippen LogP contribution in [0.2, 0.25) is 0 Å². The Balaban J connectivity index is 1.53. The first-order valence-corrected chi connectivity index (χ1v) is 6.19. The van der Waals surface area contributed by atoms with Crippen molar-refractivity contribution < 1.29 is 4.63 Å². The van der Waals surface area contributed by atoms with E-state index in [0.717, 1.165) is 36.1 Å². The zero-order valence-corrected chi connectivity index (χ0v) is 10.3. The van der Waals surface area contributed by atoms with Crippen molar-refractivity contribution in [2.75, 3.05) is 6.54 Å². The molecule has 0 atom stereocenters. The Kier molecular flexibility index (Phi) is 3.06. The van der Waals surface area contributed by atoms with Gasteiger partial charge in [-0.05, 0) is 32.2 Å². The van der Waals surface area contributed by atoms with Gasteiger partial charge in [0.1, 0.15) is 11.4 Å². The van der Waals surface area contributed by atoms with E-state index in [1.54, 1.807) is 4.68 Å². The zero-order valence-electron chi connectivity index (χ0n) is 10.3. The lowest BCUT2D eigenvalue weighted by molar-refractivity contribution is 0.300. The van der Waals surface area contributed by atoms with Crippen LogP contribution < -0.4 is 5.32 Å². The molecular formula is C11H16N6O. The quantitative estimate of drug-likeness (QED) is 0.802. The topological polar surface area (TPSA) is 81.7 Å². The molecule has 1 N–H and O–H groups in total. The van der Waals surface area contributed by atoms with Gasteiger partial charge in [0.25, 0.3) is 0 Å². The Labute approximate surface area is 105 Å². The van der Waals surface area contributed by atoms with Crippen molar-refractivity contribution >= 4 is 0 Å². The van der Waals surface area contributed by atoms with E-state index in [2.05, 4.69) is 30.6 Å². The second kappa shape index (κ2) is 4.85. The van der Waals surface area contributed by atoms with Gasteiger partial charge in [0.05, 0.1) is 18.4 Å². The highest BCUT2D eigenvalue weighted by atomic mass is 16.6. The molecule has 7 nitrogen and oxygen atoms in total. The molecule has 1 fully saturated rings. The first kappa shape index (κ1) is 11.3. The lowest BCUT2D eigenvalue weighted by Gasteiger charge is -1.98. The van der Waals surface area contributed by atoms with Crippen molar-refractivity contribution in [2.24, 2.45) is 5.92 Å². The second-order valence-electron chi connectivity index (χ2n) is 4.78. The van der Waals surface area contributed by atoms with Crippen LogP contribution >= 0.6 is 0 Å². The second-order valence-corrected chi connectivity index (χ2v) is 4.78. The van der Waals surface area contributed by atoms with Crippen molar-refractivity contribution in [2.45, 2.75) is 32.9 Å². The molecule has 0 aromatic carbocycles. The van der Waals surface area contributed by atoms with Gasteiger partial charge >= 0.3 is 0 Å². The van der Waals surface area contributed by atoms with Gasteiger partial charge in [0.15, 0.2) is 0 Å². The highest BCUT2D eigenvalue weighted by Gasteiger charge is 2.20. The molecule has 96 valence electrons. The minimum absolute atomic E-state index is 0.547. The van der Waals surface area contributed by atoms with Gasteiger partial charge in [-0.3, -0.25) is 0 Å². The standard InChI is InChI=1S/C11H16N6O/c1-8-11(15-18-14-8)7-17-6-10(13-16-17)5-12-4-9-2-3-9/h6,9,12H,2-5,7H2,1H3. The Morgan fingerprint density at radius 2 is 2.33 bits per heavy atom. The summed E-state index contributed by atoms with van der Waals surface area (Å²) >= 11 is 0. The number of rotatable bonds is 6. The molecule has 3 rings (SSSR count).